The van der Waals surface area contributed by atoms with Crippen LogP contribution in [0.25, 0.3) is 10.4 Å². The number of thiazole rings is 1. The number of ether oxygens (including phenoxy) is 2. The third kappa shape index (κ3) is 3.64. The standard InChI is InChI=1S/C20H24ClN3O3S/c1-26-7-8-27-20-23-17(18(28-20)13-3-2-4-14(21)9-13)19(25)24-15-6-5-12(10-15)16(24)11-22/h2-4,9,12,15-16H,5-8,10-11,22H2,1H3/t12-,15+,16+/m0/s1. The number of hydrogen-bond donors (Lipinski definition) is 1. The normalized spacial score (nSPS) is 23.4. The Bertz CT molecular complexity index is 859. The molecular weight excluding hydrogens is 398 g/mol. The predicted molar refractivity (Wildman–Crippen MR) is 110 cm³/mol. The molecule has 1 aliphatic heterocycles. The van der Waals surface area contributed by atoms with Crippen LogP contribution in [0.1, 0.15) is 29.8 Å². The number of nitrogens with two attached hydrogens (primary N) is 1. The van der Waals surface area contributed by atoms with Crippen LogP contribution in [0.2, 0.25) is 5.02 Å². The fourth-order valence-corrected chi connectivity index (χ4v) is 5.50. The second-order valence-electron chi connectivity index (χ2n) is 7.25. The summed E-state index contributed by atoms with van der Waals surface area (Å²) in [6.07, 6.45) is 3.24. The smallest absolute Gasteiger partial charge is 0.274 e. The minimum absolute atomic E-state index is 0.0598. The number of hydrogen-bond acceptors (Lipinski definition) is 6. The van der Waals surface area contributed by atoms with Gasteiger partial charge in [0.25, 0.3) is 11.1 Å². The molecule has 1 aromatic carbocycles. The number of rotatable bonds is 7. The van der Waals surface area contributed by atoms with Crippen LogP contribution in [0.4, 0.5) is 0 Å². The van der Waals surface area contributed by atoms with Gasteiger partial charge in [-0.15, -0.1) is 0 Å². The number of piperidine rings is 1. The van der Waals surface area contributed by atoms with Crippen molar-refractivity contribution in [2.24, 2.45) is 11.7 Å². The van der Waals surface area contributed by atoms with Gasteiger partial charge in [-0.3, -0.25) is 4.79 Å². The van der Waals surface area contributed by atoms with E-state index in [-0.39, 0.29) is 18.0 Å². The third-order valence-electron chi connectivity index (χ3n) is 5.63. The Morgan fingerprint density at radius 2 is 2.25 bits per heavy atom. The van der Waals surface area contributed by atoms with Crippen LogP contribution < -0.4 is 10.5 Å². The Labute approximate surface area is 173 Å². The zero-order chi connectivity index (χ0) is 19.7. The molecule has 150 valence electrons. The summed E-state index contributed by atoms with van der Waals surface area (Å²) in [6, 6.07) is 7.83. The van der Waals surface area contributed by atoms with E-state index in [1.807, 2.05) is 29.2 Å². The van der Waals surface area contributed by atoms with Crippen LogP contribution in [0, 0.1) is 5.92 Å². The van der Waals surface area contributed by atoms with Crippen LogP contribution in [-0.4, -0.2) is 54.7 Å². The molecule has 28 heavy (non-hydrogen) atoms. The van der Waals surface area contributed by atoms with Crippen molar-refractivity contribution in [2.45, 2.75) is 31.3 Å². The molecule has 1 aromatic heterocycles. The molecule has 2 bridgehead atoms. The van der Waals surface area contributed by atoms with Crippen molar-refractivity contribution < 1.29 is 14.3 Å². The van der Waals surface area contributed by atoms with E-state index in [0.29, 0.717) is 41.6 Å². The summed E-state index contributed by atoms with van der Waals surface area (Å²) >= 11 is 7.55. The first-order valence-corrected chi connectivity index (χ1v) is 10.7. The highest BCUT2D eigenvalue weighted by Crippen LogP contribution is 2.44. The molecule has 1 saturated carbocycles. The maximum atomic E-state index is 13.5. The molecule has 1 amide bonds. The quantitative estimate of drug-likeness (QED) is 0.693. The van der Waals surface area contributed by atoms with Gasteiger partial charge in [0.2, 0.25) is 0 Å². The number of amides is 1. The van der Waals surface area contributed by atoms with Gasteiger partial charge < -0.3 is 20.1 Å². The molecule has 2 N–H and O–H groups in total. The summed E-state index contributed by atoms with van der Waals surface area (Å²) in [5.41, 5.74) is 7.30. The number of carbonyl (C=O) groups is 1. The molecule has 3 atom stereocenters. The van der Waals surface area contributed by atoms with E-state index in [1.54, 1.807) is 7.11 Å². The minimum Gasteiger partial charge on any atom is -0.468 e. The van der Waals surface area contributed by atoms with Crippen molar-refractivity contribution >= 4 is 28.8 Å². The Morgan fingerprint density at radius 3 is 3.00 bits per heavy atom. The van der Waals surface area contributed by atoms with Crippen LogP contribution in [0.15, 0.2) is 24.3 Å². The molecule has 0 spiro atoms. The second kappa shape index (κ2) is 8.37. The lowest BCUT2D eigenvalue weighted by atomic mass is 9.98. The van der Waals surface area contributed by atoms with Crippen molar-refractivity contribution in [2.75, 3.05) is 26.9 Å². The number of nitrogens with zero attached hydrogens (tertiary/aromatic N) is 2. The predicted octanol–water partition coefficient (Wildman–Crippen LogP) is 3.44. The summed E-state index contributed by atoms with van der Waals surface area (Å²) in [7, 11) is 1.62. The molecule has 2 aromatic rings. The number of fused-ring (bicyclic) bond motifs is 2. The maximum absolute atomic E-state index is 13.5. The Hall–Kier alpha value is -1.67. The number of aromatic nitrogens is 1. The summed E-state index contributed by atoms with van der Waals surface area (Å²) in [6.45, 7) is 1.33. The number of halogens is 1. The van der Waals surface area contributed by atoms with Gasteiger partial charge in [-0.05, 0) is 42.9 Å². The van der Waals surface area contributed by atoms with Crippen LogP contribution in [0.5, 0.6) is 5.19 Å². The van der Waals surface area contributed by atoms with Gasteiger partial charge in [-0.2, -0.15) is 4.98 Å². The van der Waals surface area contributed by atoms with Crippen molar-refractivity contribution in [3.63, 3.8) is 0 Å². The molecule has 6 nitrogen and oxygen atoms in total. The summed E-state index contributed by atoms with van der Waals surface area (Å²) in [5, 5.41) is 1.08. The molecule has 2 fully saturated rings. The van der Waals surface area contributed by atoms with Gasteiger partial charge in [-0.1, -0.05) is 35.1 Å². The van der Waals surface area contributed by atoms with E-state index in [2.05, 4.69) is 4.98 Å². The summed E-state index contributed by atoms with van der Waals surface area (Å²) < 4.78 is 10.7. The highest BCUT2D eigenvalue weighted by Gasteiger charge is 2.48. The Balaban J connectivity index is 1.69. The number of methoxy groups -OCH3 is 1. The van der Waals surface area contributed by atoms with Crippen LogP contribution >= 0.6 is 22.9 Å². The average molecular weight is 422 g/mol. The van der Waals surface area contributed by atoms with E-state index < -0.39 is 0 Å². The average Bonchev–Trinajstić information content (AvgIpc) is 3.41. The van der Waals surface area contributed by atoms with Crippen LogP contribution in [0.3, 0.4) is 0 Å². The second-order valence-corrected chi connectivity index (χ2v) is 8.65. The van der Waals surface area contributed by atoms with Gasteiger partial charge in [0.05, 0.1) is 11.5 Å². The molecule has 2 heterocycles. The molecule has 0 unspecified atom stereocenters. The summed E-state index contributed by atoms with van der Waals surface area (Å²) in [4.78, 5) is 20.8. The first-order valence-electron chi connectivity index (χ1n) is 9.53. The van der Waals surface area contributed by atoms with E-state index >= 15 is 0 Å². The lowest BCUT2D eigenvalue weighted by Crippen LogP contribution is -2.48. The zero-order valence-corrected chi connectivity index (χ0v) is 17.3. The molecule has 0 radical (unpaired) electrons. The Morgan fingerprint density at radius 1 is 1.39 bits per heavy atom. The highest BCUT2D eigenvalue weighted by molar-refractivity contribution is 7.17. The van der Waals surface area contributed by atoms with Crippen molar-refractivity contribution in [3.05, 3.63) is 35.0 Å². The molecule has 2 aliphatic rings. The monoisotopic (exact) mass is 421 g/mol. The number of benzene rings is 1. The number of carbonyl (C=O) groups excluding carboxylic acids is 1. The van der Waals surface area contributed by atoms with Gasteiger partial charge >= 0.3 is 0 Å². The molecule has 1 aliphatic carbocycles. The van der Waals surface area contributed by atoms with Gasteiger partial charge in [0.1, 0.15) is 6.61 Å². The van der Waals surface area contributed by atoms with E-state index in [4.69, 9.17) is 26.8 Å². The minimum atomic E-state index is -0.0598. The van der Waals surface area contributed by atoms with Crippen molar-refractivity contribution in [1.29, 1.82) is 0 Å². The summed E-state index contributed by atoms with van der Waals surface area (Å²) in [5.74, 6) is 0.445. The molecule has 1 saturated heterocycles. The fraction of sp³-hybridized carbons (Fsp3) is 0.500. The molecular formula is C20H24ClN3O3S. The zero-order valence-electron chi connectivity index (χ0n) is 15.8. The Kier molecular flexibility index (Phi) is 5.87. The SMILES string of the molecule is COCCOc1nc(C(=O)N2[C@@H]3CC[C@@H](C3)[C@H]2CN)c(-c2cccc(Cl)c2)s1. The number of likely N-dealkylation sites (tertiary alicyclic amines) is 1. The first kappa shape index (κ1) is 19.6. The first-order chi connectivity index (χ1) is 13.6. The maximum Gasteiger partial charge on any atom is 0.274 e. The van der Waals surface area contributed by atoms with Gasteiger partial charge in [0.15, 0.2) is 5.69 Å². The van der Waals surface area contributed by atoms with E-state index in [0.717, 1.165) is 29.7 Å². The lowest BCUT2D eigenvalue weighted by Gasteiger charge is -2.34. The van der Waals surface area contributed by atoms with Gasteiger partial charge in [-0.25, -0.2) is 0 Å². The lowest BCUT2D eigenvalue weighted by molar-refractivity contribution is 0.0596. The highest BCUT2D eigenvalue weighted by atomic mass is 35.5. The van der Waals surface area contributed by atoms with Crippen molar-refractivity contribution in [1.82, 2.24) is 9.88 Å². The van der Waals surface area contributed by atoms with Crippen LogP contribution in [-0.2, 0) is 4.74 Å². The van der Waals surface area contributed by atoms with E-state index in [1.165, 1.54) is 11.3 Å². The largest absolute Gasteiger partial charge is 0.468 e. The molecule has 8 heteroatoms. The fourth-order valence-electron chi connectivity index (χ4n) is 4.38. The van der Waals surface area contributed by atoms with Crippen molar-refractivity contribution in [3.8, 4) is 15.6 Å². The molecule has 4 rings (SSSR count). The topological polar surface area (TPSA) is 77.7 Å². The third-order valence-corrected chi connectivity index (χ3v) is 6.88. The van der Waals surface area contributed by atoms with E-state index in [9.17, 15) is 4.79 Å². The van der Waals surface area contributed by atoms with Gasteiger partial charge in [0, 0.05) is 30.8 Å².